The topological polar surface area (TPSA) is 141 Å². The Kier molecular flexibility index (Phi) is 11.0. The fourth-order valence-corrected chi connectivity index (χ4v) is 0.684. The molecule has 0 aromatic heterocycles. The largest absolute Gasteiger partial charge is 2.00 e. The van der Waals surface area contributed by atoms with E-state index in [9.17, 15) is 29.7 Å². The molecule has 0 fully saturated rings. The van der Waals surface area contributed by atoms with Crippen LogP contribution in [0.15, 0.2) is 0 Å². The standard InChI is InChI=1S/C6H8O7.2Mg/c7-3(8)1-6(13,5(11)12)2-4(9)10;;/h13H,1-2H2,(H,7,8)(H,9,10)(H,11,12);;/q;2*+2/p-3. The van der Waals surface area contributed by atoms with E-state index in [2.05, 4.69) is 0 Å². The Morgan fingerprint density at radius 1 is 0.933 bits per heavy atom. The van der Waals surface area contributed by atoms with Gasteiger partial charge in [-0.1, -0.05) is 0 Å². The molecular formula is C6H5Mg2O7+. The Morgan fingerprint density at radius 2 is 1.20 bits per heavy atom. The summed E-state index contributed by atoms with van der Waals surface area (Å²) in [5.74, 6) is -5.98. The monoisotopic (exact) mass is 237 g/mol. The molecule has 7 nitrogen and oxygen atoms in total. The van der Waals surface area contributed by atoms with Gasteiger partial charge in [0.05, 0.1) is 5.97 Å². The number of rotatable bonds is 5. The molecule has 0 aliphatic carbocycles. The Hall–Kier alpha value is -0.0975. The summed E-state index contributed by atoms with van der Waals surface area (Å²) in [5.41, 5.74) is -2.97. The number of carboxylic acid groups (broad SMARTS) is 3. The second-order valence-electron chi connectivity index (χ2n) is 2.42. The molecule has 0 aliphatic heterocycles. The minimum absolute atomic E-state index is 0. The molecule has 0 saturated heterocycles. The summed E-state index contributed by atoms with van der Waals surface area (Å²) in [5, 5.41) is 38.9. The Balaban J connectivity index is -0.000000720. The van der Waals surface area contributed by atoms with Crippen molar-refractivity contribution in [2.45, 2.75) is 18.4 Å². The van der Waals surface area contributed by atoms with E-state index in [1.165, 1.54) is 0 Å². The molecule has 0 atom stereocenters. The van der Waals surface area contributed by atoms with Crippen LogP contribution < -0.4 is 15.3 Å². The normalized spacial score (nSPS) is 9.40. The SMILES string of the molecule is O=C([O-])CC(O)(CC(=O)[O-])C(=O)[O-].[Mg+2].[Mg+2]. The number of aliphatic carboxylic acids is 3. The van der Waals surface area contributed by atoms with Crippen LogP contribution in [0, 0.1) is 0 Å². The van der Waals surface area contributed by atoms with Gasteiger partial charge in [0.2, 0.25) is 0 Å². The number of hydrogen-bond acceptors (Lipinski definition) is 7. The average molecular weight is 238 g/mol. The Labute approximate surface area is 117 Å². The molecule has 0 amide bonds. The van der Waals surface area contributed by atoms with Crippen molar-refractivity contribution in [3.05, 3.63) is 0 Å². The first-order chi connectivity index (χ1) is 5.78. The van der Waals surface area contributed by atoms with Crippen LogP contribution >= 0.6 is 0 Å². The molecule has 0 bridgehead atoms. The summed E-state index contributed by atoms with van der Waals surface area (Å²) in [7, 11) is 0. The Bertz CT molecular complexity index is 236. The smallest absolute Gasteiger partial charge is 0.550 e. The van der Waals surface area contributed by atoms with Crippen LogP contribution in [-0.4, -0.2) is 74.7 Å². The van der Waals surface area contributed by atoms with Crippen LogP contribution in [0.1, 0.15) is 12.8 Å². The first-order valence-electron chi connectivity index (χ1n) is 3.11. The van der Waals surface area contributed by atoms with Gasteiger partial charge in [0.25, 0.3) is 0 Å². The zero-order valence-electron chi connectivity index (χ0n) is 7.73. The molecule has 0 aromatic rings. The Morgan fingerprint density at radius 3 is 1.33 bits per heavy atom. The second kappa shape index (κ2) is 8.10. The van der Waals surface area contributed by atoms with E-state index in [4.69, 9.17) is 5.11 Å². The molecule has 15 heavy (non-hydrogen) atoms. The zero-order chi connectivity index (χ0) is 10.6. The van der Waals surface area contributed by atoms with Crippen molar-refractivity contribution in [1.82, 2.24) is 0 Å². The molecule has 0 radical (unpaired) electrons. The number of carboxylic acids is 3. The average Bonchev–Trinajstić information content (AvgIpc) is 1.82. The number of hydrogen-bond donors (Lipinski definition) is 1. The first kappa shape index (κ1) is 20.3. The van der Waals surface area contributed by atoms with Gasteiger partial charge in [0.1, 0.15) is 5.60 Å². The summed E-state index contributed by atoms with van der Waals surface area (Å²) < 4.78 is 0. The van der Waals surface area contributed by atoms with Crippen molar-refractivity contribution in [2.24, 2.45) is 0 Å². The van der Waals surface area contributed by atoms with Crippen LogP contribution in [0.5, 0.6) is 0 Å². The quantitative estimate of drug-likeness (QED) is 0.469. The van der Waals surface area contributed by atoms with Crippen LogP contribution in [0.25, 0.3) is 0 Å². The molecule has 0 unspecified atom stereocenters. The molecule has 1 N–H and O–H groups in total. The molecule has 0 spiro atoms. The summed E-state index contributed by atoms with van der Waals surface area (Å²) in [6.07, 6.45) is -2.72. The maximum atomic E-state index is 10.1. The third-order valence-electron chi connectivity index (χ3n) is 1.25. The third-order valence-corrected chi connectivity index (χ3v) is 1.25. The van der Waals surface area contributed by atoms with E-state index in [1.54, 1.807) is 0 Å². The number of aliphatic hydroxyl groups is 1. The van der Waals surface area contributed by atoms with E-state index < -0.39 is 36.4 Å². The van der Waals surface area contributed by atoms with Gasteiger partial charge in [0, 0.05) is 24.8 Å². The van der Waals surface area contributed by atoms with Gasteiger partial charge in [-0.15, -0.1) is 0 Å². The number of carbonyl (C=O) groups excluding carboxylic acids is 3. The van der Waals surface area contributed by atoms with Crippen molar-refractivity contribution in [1.29, 1.82) is 0 Å². The minimum Gasteiger partial charge on any atom is -0.550 e. The van der Waals surface area contributed by atoms with Crippen LogP contribution in [0.3, 0.4) is 0 Å². The van der Waals surface area contributed by atoms with Crippen molar-refractivity contribution in [3.8, 4) is 0 Å². The van der Waals surface area contributed by atoms with Crippen molar-refractivity contribution in [2.75, 3.05) is 0 Å². The van der Waals surface area contributed by atoms with Gasteiger partial charge in [-0.25, -0.2) is 0 Å². The van der Waals surface area contributed by atoms with E-state index in [-0.39, 0.29) is 46.1 Å². The summed E-state index contributed by atoms with van der Waals surface area (Å²) in [4.78, 5) is 30.0. The van der Waals surface area contributed by atoms with Crippen LogP contribution in [0.2, 0.25) is 0 Å². The molecule has 9 heteroatoms. The van der Waals surface area contributed by atoms with Crippen molar-refractivity contribution in [3.63, 3.8) is 0 Å². The summed E-state index contributed by atoms with van der Waals surface area (Å²) in [6, 6.07) is 0. The minimum atomic E-state index is -2.97. The van der Waals surface area contributed by atoms with Gasteiger partial charge >= 0.3 is 46.1 Å². The molecule has 74 valence electrons. The summed E-state index contributed by atoms with van der Waals surface area (Å²) >= 11 is 0. The van der Waals surface area contributed by atoms with E-state index in [0.29, 0.717) is 0 Å². The van der Waals surface area contributed by atoms with Gasteiger partial charge in [-0.2, -0.15) is 0 Å². The third kappa shape index (κ3) is 7.79. The summed E-state index contributed by atoms with van der Waals surface area (Å²) in [6.45, 7) is 0. The molecule has 0 aliphatic rings. The van der Waals surface area contributed by atoms with Crippen molar-refractivity contribution >= 4 is 64.0 Å². The van der Waals surface area contributed by atoms with Crippen molar-refractivity contribution < 1.29 is 34.8 Å². The molecule has 0 saturated carbocycles. The maximum absolute atomic E-state index is 10.1. The van der Waals surface area contributed by atoms with E-state index in [0.717, 1.165) is 0 Å². The molecule has 0 aromatic carbocycles. The molecule has 0 heterocycles. The maximum Gasteiger partial charge on any atom is 2.00 e. The molecule has 0 rings (SSSR count). The second-order valence-corrected chi connectivity index (χ2v) is 2.42. The van der Waals surface area contributed by atoms with Gasteiger partial charge in [0.15, 0.2) is 0 Å². The van der Waals surface area contributed by atoms with Gasteiger partial charge in [-0.3, -0.25) is 0 Å². The van der Waals surface area contributed by atoms with Gasteiger partial charge < -0.3 is 34.8 Å². The fourth-order valence-electron chi connectivity index (χ4n) is 0.684. The van der Waals surface area contributed by atoms with E-state index >= 15 is 0 Å². The van der Waals surface area contributed by atoms with E-state index in [1.807, 2.05) is 0 Å². The predicted molar refractivity (Wildman–Crippen MR) is 40.7 cm³/mol. The number of carbonyl (C=O) groups is 3. The van der Waals surface area contributed by atoms with Gasteiger partial charge in [-0.05, 0) is 0 Å². The zero-order valence-corrected chi connectivity index (χ0v) is 10.6. The van der Waals surface area contributed by atoms with Crippen LogP contribution in [0.4, 0.5) is 0 Å². The predicted octanol–water partition coefficient (Wildman–Crippen LogP) is -6.01. The molecular weight excluding hydrogens is 233 g/mol. The van der Waals surface area contributed by atoms with Crippen LogP contribution in [-0.2, 0) is 14.4 Å². The first-order valence-corrected chi connectivity index (χ1v) is 3.11. The fraction of sp³-hybridized carbons (Fsp3) is 0.500.